The lowest BCUT2D eigenvalue weighted by molar-refractivity contribution is -0.389. The van der Waals surface area contributed by atoms with Crippen molar-refractivity contribution in [2.45, 2.75) is 13.3 Å². The maximum atomic E-state index is 13.4. The Hall–Kier alpha value is -2.19. The van der Waals surface area contributed by atoms with Crippen LogP contribution in [0.15, 0.2) is 6.07 Å². The van der Waals surface area contributed by atoms with Crippen LogP contribution in [0.5, 0.6) is 0 Å². The van der Waals surface area contributed by atoms with Crippen LogP contribution in [0.3, 0.4) is 0 Å². The number of hydrogen-bond donors (Lipinski definition) is 0. The summed E-state index contributed by atoms with van der Waals surface area (Å²) in [5.41, 5.74) is -2.39. The Morgan fingerprint density at radius 1 is 1.61 bits per heavy atom. The van der Waals surface area contributed by atoms with Crippen molar-refractivity contribution in [3.05, 3.63) is 33.3 Å². The summed E-state index contributed by atoms with van der Waals surface area (Å²) in [6.07, 6.45) is -3.33. The van der Waals surface area contributed by atoms with Gasteiger partial charge in [0.2, 0.25) is 5.69 Å². The van der Waals surface area contributed by atoms with Crippen molar-refractivity contribution in [2.24, 2.45) is 0 Å². The first kappa shape index (κ1) is 13.9. The van der Waals surface area contributed by atoms with E-state index in [2.05, 4.69) is 9.72 Å². The third kappa shape index (κ3) is 2.73. The Kier molecular flexibility index (Phi) is 4.18. The summed E-state index contributed by atoms with van der Waals surface area (Å²) in [4.78, 5) is 23.4. The lowest BCUT2D eigenvalue weighted by Gasteiger charge is -2.05. The predicted octanol–water partition coefficient (Wildman–Crippen LogP) is 2.24. The fraction of sp³-hybridized carbons (Fsp3) is 0.333. The van der Waals surface area contributed by atoms with Crippen LogP contribution in [0.4, 0.5) is 19.0 Å². The van der Waals surface area contributed by atoms with Crippen molar-refractivity contribution in [2.75, 3.05) is 6.61 Å². The normalized spacial score (nSPS) is 10.5. The minimum atomic E-state index is -3.33. The molecule has 0 aliphatic carbocycles. The number of pyridine rings is 1. The molecule has 0 unspecified atom stereocenters. The number of hydrogen-bond acceptors (Lipinski definition) is 5. The summed E-state index contributed by atoms with van der Waals surface area (Å²) >= 11 is 0. The molecule has 0 bridgehead atoms. The Morgan fingerprint density at radius 2 is 2.22 bits per heavy atom. The van der Waals surface area contributed by atoms with Crippen LogP contribution in [0, 0.1) is 15.9 Å². The van der Waals surface area contributed by atoms with E-state index in [-0.39, 0.29) is 12.7 Å². The van der Waals surface area contributed by atoms with Crippen LogP contribution in [-0.4, -0.2) is 22.5 Å². The van der Waals surface area contributed by atoms with E-state index in [4.69, 9.17) is 0 Å². The molecule has 0 saturated carbocycles. The fourth-order valence-corrected chi connectivity index (χ4v) is 1.18. The van der Waals surface area contributed by atoms with Crippen molar-refractivity contribution in [3.63, 3.8) is 0 Å². The quantitative estimate of drug-likeness (QED) is 0.473. The molecule has 0 spiro atoms. The molecule has 0 radical (unpaired) electrons. The number of alkyl halides is 2. The highest BCUT2D eigenvalue weighted by atomic mass is 19.3. The predicted molar refractivity (Wildman–Crippen MR) is 51.8 cm³/mol. The second kappa shape index (κ2) is 5.43. The summed E-state index contributed by atoms with van der Waals surface area (Å²) in [6.45, 7) is 1.24. The maximum absolute atomic E-state index is 13.4. The standard InChI is InChI=1S/C9H7F3N2O4/c1-2-18-9(15)6-4(10)3-5(14(16)17)13-7(6)8(11)12/h3,8H,2H2,1H3. The van der Waals surface area contributed by atoms with Gasteiger partial charge in [0.15, 0.2) is 5.82 Å². The van der Waals surface area contributed by atoms with E-state index in [1.54, 1.807) is 0 Å². The number of nitro groups is 1. The van der Waals surface area contributed by atoms with E-state index in [0.717, 1.165) is 0 Å². The van der Waals surface area contributed by atoms with Gasteiger partial charge in [-0.15, -0.1) is 0 Å². The molecular formula is C9H7F3N2O4. The number of carbonyl (C=O) groups is 1. The lowest BCUT2D eigenvalue weighted by atomic mass is 10.2. The van der Waals surface area contributed by atoms with Crippen LogP contribution in [0.25, 0.3) is 0 Å². The third-order valence-corrected chi connectivity index (χ3v) is 1.86. The molecule has 0 aliphatic heterocycles. The van der Waals surface area contributed by atoms with Gasteiger partial charge in [-0.2, -0.15) is 0 Å². The molecule has 98 valence electrons. The summed E-state index contributed by atoms with van der Waals surface area (Å²) in [7, 11) is 0. The second-order valence-electron chi connectivity index (χ2n) is 3.00. The molecule has 0 saturated heterocycles. The average Bonchev–Trinajstić information content (AvgIpc) is 2.27. The zero-order chi connectivity index (χ0) is 13.9. The van der Waals surface area contributed by atoms with E-state index < -0.39 is 40.2 Å². The largest absolute Gasteiger partial charge is 0.462 e. The number of ether oxygens (including phenoxy) is 1. The zero-order valence-electron chi connectivity index (χ0n) is 9.02. The number of nitrogens with zero attached hydrogens (tertiary/aromatic N) is 2. The summed E-state index contributed by atoms with van der Waals surface area (Å²) in [5.74, 6) is -3.91. The Bertz CT molecular complexity index is 493. The van der Waals surface area contributed by atoms with Gasteiger partial charge in [0.25, 0.3) is 0 Å². The van der Waals surface area contributed by atoms with Crippen LogP contribution in [0.2, 0.25) is 0 Å². The van der Waals surface area contributed by atoms with Crippen molar-refractivity contribution in [3.8, 4) is 0 Å². The highest BCUT2D eigenvalue weighted by molar-refractivity contribution is 5.91. The van der Waals surface area contributed by atoms with Gasteiger partial charge < -0.3 is 14.9 Å². The monoisotopic (exact) mass is 264 g/mol. The van der Waals surface area contributed by atoms with Crippen LogP contribution in [-0.2, 0) is 4.74 Å². The molecule has 0 atom stereocenters. The highest BCUT2D eigenvalue weighted by Gasteiger charge is 2.32. The molecule has 0 aliphatic rings. The Labute approximate surface area is 98.5 Å². The van der Waals surface area contributed by atoms with E-state index in [9.17, 15) is 28.1 Å². The summed E-state index contributed by atoms with van der Waals surface area (Å²) in [5, 5.41) is 10.4. The van der Waals surface area contributed by atoms with E-state index in [1.807, 2.05) is 0 Å². The molecule has 9 heteroatoms. The van der Waals surface area contributed by atoms with E-state index in [1.165, 1.54) is 6.92 Å². The topological polar surface area (TPSA) is 82.3 Å². The van der Waals surface area contributed by atoms with Gasteiger partial charge in [0, 0.05) is 0 Å². The zero-order valence-corrected chi connectivity index (χ0v) is 9.02. The number of halogens is 3. The molecule has 0 N–H and O–H groups in total. The number of esters is 1. The SMILES string of the molecule is CCOC(=O)c1c(F)cc([N+](=O)[O-])nc1C(F)F. The molecule has 1 heterocycles. The fourth-order valence-electron chi connectivity index (χ4n) is 1.18. The molecule has 6 nitrogen and oxygen atoms in total. The van der Waals surface area contributed by atoms with Gasteiger partial charge >= 0.3 is 18.2 Å². The molecule has 0 amide bonds. The van der Waals surface area contributed by atoms with Gasteiger partial charge in [-0.1, -0.05) is 0 Å². The van der Waals surface area contributed by atoms with Crippen molar-refractivity contribution < 1.29 is 27.6 Å². The first-order chi connectivity index (χ1) is 8.38. The Balaban J connectivity index is 3.41. The van der Waals surface area contributed by atoms with E-state index in [0.29, 0.717) is 0 Å². The van der Waals surface area contributed by atoms with Gasteiger partial charge in [-0.25, -0.2) is 18.0 Å². The van der Waals surface area contributed by atoms with Gasteiger partial charge in [-0.3, -0.25) is 0 Å². The molecule has 18 heavy (non-hydrogen) atoms. The smallest absolute Gasteiger partial charge is 0.366 e. The van der Waals surface area contributed by atoms with Gasteiger partial charge in [0.05, 0.1) is 12.7 Å². The van der Waals surface area contributed by atoms with Crippen molar-refractivity contribution >= 4 is 11.8 Å². The van der Waals surface area contributed by atoms with Crippen LogP contribution >= 0.6 is 0 Å². The van der Waals surface area contributed by atoms with Crippen molar-refractivity contribution in [1.29, 1.82) is 0 Å². The molecule has 0 fully saturated rings. The minimum Gasteiger partial charge on any atom is -0.462 e. The third-order valence-electron chi connectivity index (χ3n) is 1.86. The average molecular weight is 264 g/mol. The maximum Gasteiger partial charge on any atom is 0.366 e. The molecular weight excluding hydrogens is 257 g/mol. The Morgan fingerprint density at radius 3 is 2.67 bits per heavy atom. The minimum absolute atomic E-state index is 0.155. The van der Waals surface area contributed by atoms with Gasteiger partial charge in [-0.05, 0) is 16.8 Å². The van der Waals surface area contributed by atoms with Gasteiger partial charge in [0.1, 0.15) is 5.56 Å². The van der Waals surface area contributed by atoms with Crippen molar-refractivity contribution in [1.82, 2.24) is 4.98 Å². The number of aromatic nitrogens is 1. The summed E-state index contributed by atoms with van der Waals surface area (Å²) < 4.78 is 43.0. The summed E-state index contributed by atoms with van der Waals surface area (Å²) in [6, 6.07) is 0.290. The molecule has 0 aromatic carbocycles. The lowest BCUT2D eigenvalue weighted by Crippen LogP contribution is -2.14. The van der Waals surface area contributed by atoms with Crippen LogP contribution in [0.1, 0.15) is 29.4 Å². The molecule has 1 aromatic heterocycles. The first-order valence-electron chi connectivity index (χ1n) is 4.68. The molecule has 1 aromatic rings. The first-order valence-corrected chi connectivity index (χ1v) is 4.68. The number of carbonyl (C=O) groups excluding carboxylic acids is 1. The van der Waals surface area contributed by atoms with E-state index >= 15 is 0 Å². The molecule has 1 rings (SSSR count). The highest BCUT2D eigenvalue weighted by Crippen LogP contribution is 2.26. The number of rotatable bonds is 4. The van der Waals surface area contributed by atoms with Crippen LogP contribution < -0.4 is 0 Å². The second-order valence-corrected chi connectivity index (χ2v) is 3.00.